The Bertz CT molecular complexity index is 1080. The molecule has 8 heteroatoms. The van der Waals surface area contributed by atoms with Crippen molar-refractivity contribution in [1.29, 1.82) is 0 Å². The van der Waals surface area contributed by atoms with Crippen molar-refractivity contribution in [3.63, 3.8) is 0 Å². The van der Waals surface area contributed by atoms with Crippen molar-refractivity contribution in [2.75, 3.05) is 30.4 Å². The van der Waals surface area contributed by atoms with Crippen LogP contribution in [0.4, 0.5) is 16.2 Å². The monoisotopic (exact) mass is 439 g/mol. The molecular weight excluding hydrogens is 418 g/mol. The number of furan rings is 1. The van der Waals surface area contributed by atoms with Crippen LogP contribution in [0.5, 0.6) is 5.75 Å². The van der Waals surface area contributed by atoms with Crippen molar-refractivity contribution in [2.24, 2.45) is 0 Å². The summed E-state index contributed by atoms with van der Waals surface area (Å²) in [5, 5.41) is 3.43. The van der Waals surface area contributed by atoms with E-state index in [4.69, 9.17) is 20.8 Å². The molecule has 3 amide bonds. The minimum Gasteiger partial charge on any atom is -0.495 e. The lowest BCUT2D eigenvalue weighted by atomic mass is 10.1. The highest BCUT2D eigenvalue weighted by Gasteiger charge is 2.29. The Balaban J connectivity index is 1.56. The second-order valence-electron chi connectivity index (χ2n) is 7.16. The molecular formula is C23H22ClN3O4. The Morgan fingerprint density at radius 3 is 2.77 bits per heavy atom. The second-order valence-corrected chi connectivity index (χ2v) is 7.59. The molecule has 7 nitrogen and oxygen atoms in total. The summed E-state index contributed by atoms with van der Waals surface area (Å²) >= 11 is 6.09. The predicted octanol–water partition coefficient (Wildman–Crippen LogP) is 5.03. The Labute approximate surface area is 185 Å². The molecule has 1 aromatic heterocycles. The maximum absolute atomic E-state index is 13.3. The van der Waals surface area contributed by atoms with Gasteiger partial charge in [0.15, 0.2) is 5.76 Å². The van der Waals surface area contributed by atoms with Gasteiger partial charge in [-0.15, -0.1) is 0 Å². The van der Waals surface area contributed by atoms with Gasteiger partial charge >= 0.3 is 6.03 Å². The van der Waals surface area contributed by atoms with E-state index in [0.717, 1.165) is 12.0 Å². The highest BCUT2D eigenvalue weighted by atomic mass is 35.5. The highest BCUT2D eigenvalue weighted by molar-refractivity contribution is 6.30. The zero-order valence-electron chi connectivity index (χ0n) is 17.0. The molecule has 0 unspecified atom stereocenters. The van der Waals surface area contributed by atoms with Gasteiger partial charge in [0, 0.05) is 30.3 Å². The molecule has 0 atom stereocenters. The smallest absolute Gasteiger partial charge is 0.324 e. The largest absolute Gasteiger partial charge is 0.495 e. The number of rotatable bonds is 6. The molecule has 0 saturated carbocycles. The third kappa shape index (κ3) is 4.67. The second kappa shape index (κ2) is 9.14. The van der Waals surface area contributed by atoms with Crippen LogP contribution in [0.25, 0.3) is 0 Å². The van der Waals surface area contributed by atoms with Crippen LogP contribution in [0.15, 0.2) is 65.3 Å². The van der Waals surface area contributed by atoms with E-state index >= 15 is 0 Å². The maximum atomic E-state index is 13.3. The molecule has 160 valence electrons. The molecule has 31 heavy (non-hydrogen) atoms. The molecule has 0 spiro atoms. The number of hydrogen-bond acceptors (Lipinski definition) is 4. The number of benzene rings is 2. The molecule has 2 aromatic carbocycles. The number of halogens is 1. The summed E-state index contributed by atoms with van der Waals surface area (Å²) in [5.74, 6) is 0.390. The van der Waals surface area contributed by atoms with Crippen LogP contribution < -0.4 is 15.0 Å². The van der Waals surface area contributed by atoms with Gasteiger partial charge in [-0.1, -0.05) is 23.7 Å². The van der Waals surface area contributed by atoms with E-state index in [1.54, 1.807) is 47.2 Å². The number of nitrogens with zero attached hydrogens (tertiary/aromatic N) is 2. The van der Waals surface area contributed by atoms with E-state index in [-0.39, 0.29) is 17.7 Å². The normalized spacial score (nSPS) is 13.9. The molecule has 0 radical (unpaired) electrons. The van der Waals surface area contributed by atoms with Crippen LogP contribution in [-0.4, -0.2) is 37.0 Å². The molecule has 0 bridgehead atoms. The van der Waals surface area contributed by atoms with Crippen molar-refractivity contribution in [2.45, 2.75) is 13.0 Å². The summed E-state index contributed by atoms with van der Waals surface area (Å²) in [7, 11) is 1.55. The summed E-state index contributed by atoms with van der Waals surface area (Å²) in [6.07, 6.45) is 2.24. The number of urea groups is 1. The first-order chi connectivity index (χ1) is 15.0. The van der Waals surface area contributed by atoms with Gasteiger partial charge in [0.25, 0.3) is 5.91 Å². The lowest BCUT2D eigenvalue weighted by molar-refractivity contribution is 0.0996. The van der Waals surface area contributed by atoms with Crippen molar-refractivity contribution in [3.05, 3.63) is 77.2 Å². The van der Waals surface area contributed by atoms with Crippen LogP contribution in [0.2, 0.25) is 5.02 Å². The molecule has 1 aliphatic rings. The lowest BCUT2D eigenvalue weighted by Gasteiger charge is -2.36. The third-order valence-electron chi connectivity index (χ3n) is 5.05. The van der Waals surface area contributed by atoms with Gasteiger partial charge in [-0.05, 0) is 54.4 Å². The van der Waals surface area contributed by atoms with Gasteiger partial charge in [-0.25, -0.2) is 4.79 Å². The Morgan fingerprint density at radius 2 is 2.03 bits per heavy atom. The van der Waals surface area contributed by atoms with E-state index in [9.17, 15) is 9.59 Å². The van der Waals surface area contributed by atoms with Gasteiger partial charge < -0.3 is 19.4 Å². The van der Waals surface area contributed by atoms with Gasteiger partial charge in [-0.2, -0.15) is 0 Å². The molecule has 1 saturated heterocycles. The maximum Gasteiger partial charge on any atom is 0.324 e. The summed E-state index contributed by atoms with van der Waals surface area (Å²) in [5.41, 5.74) is 2.10. The summed E-state index contributed by atoms with van der Waals surface area (Å²) in [4.78, 5) is 29.0. The fraction of sp³-hybridized carbons (Fsp3) is 0.217. The van der Waals surface area contributed by atoms with E-state index in [0.29, 0.717) is 41.8 Å². The van der Waals surface area contributed by atoms with Crippen LogP contribution in [0.3, 0.4) is 0 Å². The number of methoxy groups -OCH3 is 1. The Kier molecular flexibility index (Phi) is 6.13. The van der Waals surface area contributed by atoms with Crippen LogP contribution in [0, 0.1) is 0 Å². The molecule has 2 heterocycles. The molecule has 3 aromatic rings. The van der Waals surface area contributed by atoms with Gasteiger partial charge in [0.2, 0.25) is 0 Å². The number of carbonyl (C=O) groups is 2. The fourth-order valence-corrected chi connectivity index (χ4v) is 3.80. The standard InChI is InChI=1S/C23H22ClN3O4/c1-30-20-9-8-18(25-22(28)21-7-3-12-31-21)14-19(20)27-11-4-10-26(23(27)29)15-16-5-2-6-17(24)13-16/h2-3,5-9,12-14H,4,10-11,15H2,1H3,(H,25,28). The van der Waals surface area contributed by atoms with Crippen LogP contribution in [0.1, 0.15) is 22.5 Å². The first kappa shape index (κ1) is 20.8. The number of hydrogen-bond donors (Lipinski definition) is 1. The van der Waals surface area contributed by atoms with Gasteiger partial charge in [-0.3, -0.25) is 9.69 Å². The van der Waals surface area contributed by atoms with E-state index < -0.39 is 0 Å². The van der Waals surface area contributed by atoms with Crippen LogP contribution in [-0.2, 0) is 6.54 Å². The molecule has 1 aliphatic heterocycles. The van der Waals surface area contributed by atoms with Gasteiger partial charge in [0.05, 0.1) is 19.1 Å². The zero-order chi connectivity index (χ0) is 21.8. The van der Waals surface area contributed by atoms with E-state index in [2.05, 4.69) is 5.32 Å². The predicted molar refractivity (Wildman–Crippen MR) is 119 cm³/mol. The van der Waals surface area contributed by atoms with Crippen molar-refractivity contribution in [3.8, 4) is 5.75 Å². The average Bonchev–Trinajstić information content (AvgIpc) is 3.30. The SMILES string of the molecule is COc1ccc(NC(=O)c2ccco2)cc1N1CCCN(Cc2cccc(Cl)c2)C1=O. The summed E-state index contributed by atoms with van der Waals surface area (Å²) in [6.45, 7) is 1.67. The lowest BCUT2D eigenvalue weighted by Crippen LogP contribution is -2.49. The Morgan fingerprint density at radius 1 is 1.16 bits per heavy atom. The third-order valence-corrected chi connectivity index (χ3v) is 5.28. The number of amides is 3. The Hall–Kier alpha value is -3.45. The first-order valence-electron chi connectivity index (χ1n) is 9.89. The van der Waals surface area contributed by atoms with Crippen molar-refractivity contribution in [1.82, 2.24) is 4.90 Å². The minimum atomic E-state index is -0.367. The number of carbonyl (C=O) groups excluding carboxylic acids is 2. The number of ether oxygens (including phenoxy) is 1. The number of anilines is 2. The molecule has 1 fully saturated rings. The molecule has 1 N–H and O–H groups in total. The summed E-state index contributed by atoms with van der Waals surface area (Å²) < 4.78 is 10.6. The summed E-state index contributed by atoms with van der Waals surface area (Å²) in [6, 6.07) is 15.8. The fourth-order valence-electron chi connectivity index (χ4n) is 3.59. The highest BCUT2D eigenvalue weighted by Crippen LogP contribution is 2.34. The van der Waals surface area contributed by atoms with Crippen molar-refractivity contribution >= 4 is 34.9 Å². The number of nitrogens with one attached hydrogen (secondary N) is 1. The minimum absolute atomic E-state index is 0.126. The van der Waals surface area contributed by atoms with E-state index in [1.807, 2.05) is 24.3 Å². The molecule has 0 aliphatic carbocycles. The first-order valence-corrected chi connectivity index (χ1v) is 10.3. The molecule has 4 rings (SSSR count). The van der Waals surface area contributed by atoms with Gasteiger partial charge in [0.1, 0.15) is 5.75 Å². The van der Waals surface area contributed by atoms with Crippen molar-refractivity contribution < 1.29 is 18.7 Å². The van der Waals surface area contributed by atoms with E-state index in [1.165, 1.54) is 6.26 Å². The topological polar surface area (TPSA) is 75.0 Å². The average molecular weight is 440 g/mol. The quantitative estimate of drug-likeness (QED) is 0.584. The zero-order valence-corrected chi connectivity index (χ0v) is 17.8. The van der Waals surface area contributed by atoms with Crippen LogP contribution >= 0.6 is 11.6 Å².